The molecule has 0 saturated carbocycles. The molecule has 0 radical (unpaired) electrons. The molecule has 0 aliphatic carbocycles. The van der Waals surface area contributed by atoms with Crippen LogP contribution in [0.25, 0.3) is 0 Å². The van der Waals surface area contributed by atoms with Crippen molar-refractivity contribution in [2.75, 3.05) is 19.6 Å². The molecule has 0 amide bonds. The molecular formula is C14H22ClN3O2S. The van der Waals surface area contributed by atoms with Crippen molar-refractivity contribution in [2.45, 2.75) is 37.2 Å². The second-order valence-corrected chi connectivity index (χ2v) is 7.59. The molecule has 1 aromatic carbocycles. The third kappa shape index (κ3) is 4.40. The molecule has 5 nitrogen and oxygen atoms in total. The van der Waals surface area contributed by atoms with Gasteiger partial charge in [0.15, 0.2) is 0 Å². The first-order valence-corrected chi connectivity index (χ1v) is 9.01. The van der Waals surface area contributed by atoms with Crippen LogP contribution in [-0.2, 0) is 16.6 Å². The van der Waals surface area contributed by atoms with Gasteiger partial charge in [-0.25, -0.2) is 13.1 Å². The highest BCUT2D eigenvalue weighted by molar-refractivity contribution is 7.89. The number of likely N-dealkylation sites (tertiary alicyclic amines) is 1. The molecule has 3 N–H and O–H groups in total. The maximum absolute atomic E-state index is 12.5. The fourth-order valence-corrected chi connectivity index (χ4v) is 4.38. The summed E-state index contributed by atoms with van der Waals surface area (Å²) >= 11 is 6.02. The Balaban J connectivity index is 2.10. The average molecular weight is 332 g/mol. The zero-order chi connectivity index (χ0) is 15.5. The molecule has 1 unspecified atom stereocenters. The summed E-state index contributed by atoms with van der Waals surface area (Å²) in [6, 6.07) is 4.68. The summed E-state index contributed by atoms with van der Waals surface area (Å²) in [7, 11) is -3.63. The third-order valence-corrected chi connectivity index (χ3v) is 5.68. The van der Waals surface area contributed by atoms with Gasteiger partial charge in [-0.3, -0.25) is 0 Å². The lowest BCUT2D eigenvalue weighted by atomic mass is 10.2. The molecule has 118 valence electrons. The van der Waals surface area contributed by atoms with Crippen molar-refractivity contribution < 1.29 is 8.42 Å². The number of hydrogen-bond donors (Lipinski definition) is 2. The van der Waals surface area contributed by atoms with E-state index in [4.69, 9.17) is 17.3 Å². The molecule has 2 rings (SSSR count). The van der Waals surface area contributed by atoms with E-state index in [1.54, 1.807) is 12.1 Å². The second kappa shape index (κ2) is 7.07. The van der Waals surface area contributed by atoms with E-state index in [9.17, 15) is 8.42 Å². The highest BCUT2D eigenvalue weighted by Gasteiger charge is 2.23. The molecule has 1 aliphatic heterocycles. The molecule has 1 heterocycles. The molecular weight excluding hydrogens is 310 g/mol. The van der Waals surface area contributed by atoms with Gasteiger partial charge in [-0.2, -0.15) is 0 Å². The zero-order valence-corrected chi connectivity index (χ0v) is 13.8. The van der Waals surface area contributed by atoms with E-state index < -0.39 is 10.0 Å². The number of nitrogens with one attached hydrogen (secondary N) is 1. The van der Waals surface area contributed by atoms with Gasteiger partial charge in [-0.15, -0.1) is 0 Å². The van der Waals surface area contributed by atoms with Crippen LogP contribution in [0.2, 0.25) is 5.02 Å². The fraction of sp³-hybridized carbons (Fsp3) is 0.571. The highest BCUT2D eigenvalue weighted by atomic mass is 35.5. The van der Waals surface area contributed by atoms with Crippen molar-refractivity contribution >= 4 is 21.6 Å². The lowest BCUT2D eigenvalue weighted by Crippen LogP contribution is -2.41. The molecule has 1 aliphatic rings. The van der Waals surface area contributed by atoms with Crippen LogP contribution in [0.5, 0.6) is 0 Å². The van der Waals surface area contributed by atoms with Crippen molar-refractivity contribution in [1.82, 2.24) is 9.62 Å². The van der Waals surface area contributed by atoms with Crippen molar-refractivity contribution in [3.05, 3.63) is 28.8 Å². The minimum Gasteiger partial charge on any atom is -0.326 e. The summed E-state index contributed by atoms with van der Waals surface area (Å²) in [6.45, 7) is 4.94. The second-order valence-electron chi connectivity index (χ2n) is 5.50. The summed E-state index contributed by atoms with van der Waals surface area (Å²) in [6.07, 6.45) is 2.37. The lowest BCUT2D eigenvalue weighted by molar-refractivity contribution is 0.313. The summed E-state index contributed by atoms with van der Waals surface area (Å²) in [4.78, 5) is 2.37. The van der Waals surface area contributed by atoms with Gasteiger partial charge in [0, 0.05) is 19.1 Å². The Labute approximate surface area is 131 Å². The van der Waals surface area contributed by atoms with Gasteiger partial charge < -0.3 is 10.6 Å². The smallest absolute Gasteiger partial charge is 0.242 e. The predicted octanol–water partition coefficient (Wildman–Crippen LogP) is 1.56. The molecule has 7 heteroatoms. The Morgan fingerprint density at radius 3 is 2.67 bits per heavy atom. The van der Waals surface area contributed by atoms with E-state index in [2.05, 4.69) is 9.62 Å². The monoisotopic (exact) mass is 331 g/mol. The van der Waals surface area contributed by atoms with Crippen LogP contribution in [0.4, 0.5) is 0 Å². The minimum atomic E-state index is -3.63. The van der Waals surface area contributed by atoms with Crippen molar-refractivity contribution in [3.63, 3.8) is 0 Å². The number of sulfonamides is 1. The first-order chi connectivity index (χ1) is 9.92. The number of nitrogens with zero attached hydrogens (tertiary/aromatic N) is 1. The van der Waals surface area contributed by atoms with E-state index in [0.29, 0.717) is 6.54 Å². The fourth-order valence-electron chi connectivity index (χ4n) is 2.60. The van der Waals surface area contributed by atoms with Gasteiger partial charge in [0.2, 0.25) is 10.0 Å². The Hall–Kier alpha value is -0.660. The third-order valence-electron chi connectivity index (χ3n) is 3.61. The Morgan fingerprint density at radius 2 is 2.05 bits per heavy atom. The zero-order valence-electron chi connectivity index (χ0n) is 12.2. The summed E-state index contributed by atoms with van der Waals surface area (Å²) in [5.74, 6) is 0. The standard InChI is InChI=1S/C14H22ClN3O2S/c1-11(10-18-6-2-3-7-18)17-21(19,20)14-8-12(9-16)4-5-13(14)15/h4-5,8,11,17H,2-3,6-7,9-10,16H2,1H3. The first-order valence-electron chi connectivity index (χ1n) is 7.15. The molecule has 0 aromatic heterocycles. The first kappa shape index (κ1) is 16.7. The van der Waals surface area contributed by atoms with Gasteiger partial charge >= 0.3 is 0 Å². The van der Waals surface area contributed by atoms with Crippen LogP contribution in [0.1, 0.15) is 25.3 Å². The Kier molecular flexibility index (Phi) is 5.62. The van der Waals surface area contributed by atoms with E-state index in [0.717, 1.165) is 18.7 Å². The summed E-state index contributed by atoms with van der Waals surface area (Å²) in [5, 5.41) is 0.216. The van der Waals surface area contributed by atoms with Gasteiger partial charge in [0.05, 0.1) is 5.02 Å². The van der Waals surface area contributed by atoms with Crippen LogP contribution >= 0.6 is 11.6 Å². The number of hydrogen-bond acceptors (Lipinski definition) is 4. The largest absolute Gasteiger partial charge is 0.326 e. The topological polar surface area (TPSA) is 75.4 Å². The van der Waals surface area contributed by atoms with E-state index >= 15 is 0 Å². The molecule has 0 bridgehead atoms. The van der Waals surface area contributed by atoms with Gasteiger partial charge in [0.1, 0.15) is 4.90 Å². The van der Waals surface area contributed by atoms with Crippen LogP contribution in [-0.4, -0.2) is 39.0 Å². The minimum absolute atomic E-state index is 0.0976. The quantitative estimate of drug-likeness (QED) is 0.829. The van der Waals surface area contributed by atoms with Crippen LogP contribution in [0.15, 0.2) is 23.1 Å². The van der Waals surface area contributed by atoms with E-state index in [1.165, 1.54) is 18.9 Å². The van der Waals surface area contributed by atoms with E-state index in [-0.39, 0.29) is 22.5 Å². The summed E-state index contributed by atoms with van der Waals surface area (Å²) in [5.41, 5.74) is 6.30. The van der Waals surface area contributed by atoms with Crippen LogP contribution in [0, 0.1) is 0 Å². The van der Waals surface area contributed by atoms with Crippen molar-refractivity contribution in [3.8, 4) is 0 Å². The maximum Gasteiger partial charge on any atom is 0.242 e. The van der Waals surface area contributed by atoms with Crippen LogP contribution < -0.4 is 10.5 Å². The number of benzene rings is 1. The average Bonchev–Trinajstić information content (AvgIpc) is 2.91. The number of rotatable bonds is 6. The highest BCUT2D eigenvalue weighted by Crippen LogP contribution is 2.23. The van der Waals surface area contributed by atoms with E-state index in [1.807, 2.05) is 6.92 Å². The van der Waals surface area contributed by atoms with Gasteiger partial charge in [0.25, 0.3) is 0 Å². The normalized spacial score (nSPS) is 18.0. The van der Waals surface area contributed by atoms with Crippen molar-refractivity contribution in [1.29, 1.82) is 0 Å². The predicted molar refractivity (Wildman–Crippen MR) is 84.8 cm³/mol. The molecule has 1 saturated heterocycles. The SMILES string of the molecule is CC(CN1CCCC1)NS(=O)(=O)c1cc(CN)ccc1Cl. The lowest BCUT2D eigenvalue weighted by Gasteiger charge is -2.21. The van der Waals surface area contributed by atoms with Crippen molar-refractivity contribution in [2.24, 2.45) is 5.73 Å². The Bertz CT molecular complexity index is 586. The molecule has 0 spiro atoms. The maximum atomic E-state index is 12.5. The summed E-state index contributed by atoms with van der Waals surface area (Å²) < 4.78 is 27.6. The molecule has 21 heavy (non-hydrogen) atoms. The molecule has 1 fully saturated rings. The molecule has 1 atom stereocenters. The number of halogens is 1. The molecule has 1 aromatic rings. The van der Waals surface area contributed by atoms with Crippen LogP contribution in [0.3, 0.4) is 0 Å². The number of nitrogens with two attached hydrogens (primary N) is 1. The van der Waals surface area contributed by atoms with Gasteiger partial charge in [-0.05, 0) is 50.6 Å². The van der Waals surface area contributed by atoms with Gasteiger partial charge in [-0.1, -0.05) is 17.7 Å². The Morgan fingerprint density at radius 1 is 1.38 bits per heavy atom.